The highest BCUT2D eigenvalue weighted by atomic mass is 16.5. The van der Waals surface area contributed by atoms with Crippen molar-refractivity contribution in [1.82, 2.24) is 31.5 Å². The molecular formula is C49H64N6O8. The molecule has 63 heavy (non-hydrogen) atoms. The molecule has 5 N–H and O–H groups in total. The van der Waals surface area contributed by atoms with Gasteiger partial charge in [0.15, 0.2) is 23.0 Å². The highest BCUT2D eigenvalue weighted by molar-refractivity contribution is 5.96. The maximum absolute atomic E-state index is 12.6. The number of ether oxygens (including phenoxy) is 4. The monoisotopic (exact) mass is 864 g/mol. The molecule has 14 nitrogen and oxygen atoms in total. The van der Waals surface area contributed by atoms with E-state index in [9.17, 15) is 19.2 Å². The molecule has 0 saturated carbocycles. The van der Waals surface area contributed by atoms with Crippen LogP contribution in [0.25, 0.3) is 0 Å². The second kappa shape index (κ2) is 25.1. The summed E-state index contributed by atoms with van der Waals surface area (Å²) in [6, 6.07) is 24.7. The summed E-state index contributed by atoms with van der Waals surface area (Å²) in [5.41, 5.74) is 3.87. The molecule has 4 amide bonds. The number of nitrogens with one attached hydrogen (secondary N) is 5. The van der Waals surface area contributed by atoms with Crippen LogP contribution in [-0.2, 0) is 13.1 Å². The Hall–Kier alpha value is -6.12. The van der Waals surface area contributed by atoms with Crippen molar-refractivity contribution in [2.24, 2.45) is 11.8 Å². The Balaban J connectivity index is 0.000000238. The first-order valence-corrected chi connectivity index (χ1v) is 21.7. The van der Waals surface area contributed by atoms with Crippen molar-refractivity contribution in [1.29, 1.82) is 0 Å². The van der Waals surface area contributed by atoms with E-state index >= 15 is 0 Å². The lowest BCUT2D eigenvalue weighted by molar-refractivity contribution is 0.0939. The van der Waals surface area contributed by atoms with E-state index in [1.807, 2.05) is 36.4 Å². The molecule has 2 heterocycles. The van der Waals surface area contributed by atoms with Crippen LogP contribution in [0.2, 0.25) is 0 Å². The summed E-state index contributed by atoms with van der Waals surface area (Å²) in [5, 5.41) is 15.2. The number of rotatable bonds is 18. The van der Waals surface area contributed by atoms with E-state index in [-0.39, 0.29) is 23.6 Å². The fraction of sp³-hybridized carbons (Fsp3) is 0.429. The molecule has 2 atom stereocenters. The normalized spacial score (nSPS) is 16.0. The zero-order valence-corrected chi connectivity index (χ0v) is 37.4. The molecule has 2 aliphatic rings. The van der Waals surface area contributed by atoms with Gasteiger partial charge in [0.05, 0.1) is 28.4 Å². The van der Waals surface area contributed by atoms with Gasteiger partial charge in [-0.25, -0.2) is 0 Å². The van der Waals surface area contributed by atoms with E-state index in [2.05, 4.69) is 38.5 Å². The molecule has 338 valence electrons. The van der Waals surface area contributed by atoms with E-state index in [1.54, 1.807) is 62.8 Å². The third kappa shape index (κ3) is 15.0. The molecule has 0 bridgehead atoms. The Bertz CT molecular complexity index is 2120. The average molecular weight is 865 g/mol. The summed E-state index contributed by atoms with van der Waals surface area (Å²) in [6.07, 6.45) is 6.87. The fourth-order valence-electron chi connectivity index (χ4n) is 7.83. The van der Waals surface area contributed by atoms with Crippen molar-refractivity contribution >= 4 is 23.6 Å². The van der Waals surface area contributed by atoms with Gasteiger partial charge < -0.3 is 50.4 Å². The van der Waals surface area contributed by atoms with E-state index in [1.165, 1.54) is 39.9 Å². The maximum atomic E-state index is 12.6. The first kappa shape index (κ1) is 47.9. The standard InChI is InChI=1S/C25H33N3O4.C24H31N3O4/c1-28-13-5-7-18(17-28)11-12-26-24(29)20-8-4-6-19(14-20)16-27-25(30)21-9-10-22(31-2)23(15-21)32-3;1-30-21-9-8-20(14-22(21)31-2)24(29)27-16-18-5-3-7-19(13-18)23(28)26-12-10-17-6-4-11-25-15-17/h4,6,8-10,14-15,18H,5,7,11-13,16-17H2,1-3H3,(H,26,29)(H,27,30);3,5,7-9,13-14,17,25H,4,6,10-12,15-16H2,1-2H3,(H,26,28)(H,27,29). The van der Waals surface area contributed by atoms with Crippen molar-refractivity contribution in [2.45, 2.75) is 51.6 Å². The SMILES string of the molecule is COc1ccc(C(=O)NCc2cccc(C(=O)NCCC3CCCN(C)C3)c2)cc1OC.COc1ccc(C(=O)NCc2cccc(C(=O)NCCC3CCCNC3)c2)cc1OC. The van der Waals surface area contributed by atoms with Gasteiger partial charge in [-0.05, 0) is 149 Å². The summed E-state index contributed by atoms with van der Waals surface area (Å²) in [6.45, 7) is 6.39. The number of hydrogen-bond acceptors (Lipinski definition) is 10. The lowest BCUT2D eigenvalue weighted by Crippen LogP contribution is -2.34. The quantitative estimate of drug-likeness (QED) is 0.0819. The number of benzene rings is 4. The topological polar surface area (TPSA) is 169 Å². The molecule has 2 unspecified atom stereocenters. The van der Waals surface area contributed by atoms with E-state index in [0.717, 1.165) is 50.1 Å². The molecule has 0 spiro atoms. The molecule has 6 rings (SSSR count). The Morgan fingerprint density at radius 3 is 1.49 bits per heavy atom. The molecular weight excluding hydrogens is 801 g/mol. The number of piperidine rings is 2. The fourth-order valence-corrected chi connectivity index (χ4v) is 7.83. The molecule has 2 saturated heterocycles. The average Bonchev–Trinajstić information content (AvgIpc) is 3.32. The summed E-state index contributed by atoms with van der Waals surface area (Å²) in [7, 11) is 8.31. The first-order valence-electron chi connectivity index (χ1n) is 21.7. The molecule has 0 aromatic heterocycles. The number of methoxy groups -OCH3 is 4. The molecule has 0 radical (unpaired) electrons. The van der Waals surface area contributed by atoms with Crippen LogP contribution in [0.1, 0.15) is 91.1 Å². The molecule has 2 aliphatic heterocycles. The largest absolute Gasteiger partial charge is 0.493 e. The van der Waals surface area contributed by atoms with Gasteiger partial charge in [0.25, 0.3) is 23.6 Å². The number of nitrogens with zero attached hydrogens (tertiary/aromatic N) is 1. The van der Waals surface area contributed by atoms with Crippen molar-refractivity contribution in [2.75, 3.05) is 74.8 Å². The zero-order valence-electron chi connectivity index (χ0n) is 37.4. The van der Waals surface area contributed by atoms with Gasteiger partial charge >= 0.3 is 0 Å². The summed E-state index contributed by atoms with van der Waals surface area (Å²) in [5.74, 6) is 2.79. The van der Waals surface area contributed by atoms with Crippen LogP contribution < -0.4 is 45.5 Å². The summed E-state index contributed by atoms with van der Waals surface area (Å²) >= 11 is 0. The molecule has 2 fully saturated rings. The second-order valence-electron chi connectivity index (χ2n) is 16.0. The van der Waals surface area contributed by atoms with Crippen molar-refractivity contribution in [3.63, 3.8) is 0 Å². The Labute approximate surface area is 371 Å². The van der Waals surface area contributed by atoms with Gasteiger partial charge in [0.1, 0.15) is 0 Å². The third-order valence-electron chi connectivity index (χ3n) is 11.4. The van der Waals surface area contributed by atoms with Crippen molar-refractivity contribution in [3.8, 4) is 23.0 Å². The molecule has 0 aliphatic carbocycles. The number of hydrogen-bond donors (Lipinski definition) is 5. The number of carbonyl (C=O) groups excluding carboxylic acids is 4. The van der Waals surface area contributed by atoms with Crippen LogP contribution in [0.15, 0.2) is 84.9 Å². The minimum Gasteiger partial charge on any atom is -0.493 e. The summed E-state index contributed by atoms with van der Waals surface area (Å²) in [4.78, 5) is 52.4. The van der Waals surface area contributed by atoms with Gasteiger partial charge in [0, 0.05) is 55.0 Å². The van der Waals surface area contributed by atoms with Crippen molar-refractivity contribution < 1.29 is 38.1 Å². The van der Waals surface area contributed by atoms with Gasteiger partial charge in [0.2, 0.25) is 0 Å². The third-order valence-corrected chi connectivity index (χ3v) is 11.4. The van der Waals surface area contributed by atoms with Gasteiger partial charge in [-0.1, -0.05) is 24.3 Å². The Kier molecular flexibility index (Phi) is 19.1. The lowest BCUT2D eigenvalue weighted by Gasteiger charge is -2.29. The predicted molar refractivity (Wildman–Crippen MR) is 244 cm³/mol. The smallest absolute Gasteiger partial charge is 0.251 e. The van der Waals surface area contributed by atoms with Gasteiger partial charge in [-0.3, -0.25) is 19.2 Å². The maximum Gasteiger partial charge on any atom is 0.251 e. The van der Waals surface area contributed by atoms with E-state index in [0.29, 0.717) is 83.3 Å². The highest BCUT2D eigenvalue weighted by Gasteiger charge is 2.18. The molecule has 4 aromatic carbocycles. The minimum atomic E-state index is -0.225. The van der Waals surface area contributed by atoms with Gasteiger partial charge in [-0.2, -0.15) is 0 Å². The zero-order chi connectivity index (χ0) is 45.0. The summed E-state index contributed by atoms with van der Waals surface area (Å²) < 4.78 is 20.9. The molecule has 14 heteroatoms. The number of likely N-dealkylation sites (tertiary alicyclic amines) is 1. The number of amides is 4. The minimum absolute atomic E-state index is 0.0813. The van der Waals surface area contributed by atoms with E-state index in [4.69, 9.17) is 18.9 Å². The van der Waals surface area contributed by atoms with Crippen LogP contribution in [-0.4, -0.2) is 103 Å². The predicted octanol–water partition coefficient (Wildman–Crippen LogP) is 5.85. The number of carbonyl (C=O) groups is 4. The Morgan fingerprint density at radius 1 is 0.571 bits per heavy atom. The first-order chi connectivity index (χ1) is 30.6. The van der Waals surface area contributed by atoms with Gasteiger partial charge in [-0.15, -0.1) is 0 Å². The van der Waals surface area contributed by atoms with Crippen molar-refractivity contribution in [3.05, 3.63) is 118 Å². The second-order valence-corrected chi connectivity index (χ2v) is 16.0. The Morgan fingerprint density at radius 2 is 1.03 bits per heavy atom. The van der Waals surface area contributed by atoms with Crippen LogP contribution in [0, 0.1) is 11.8 Å². The van der Waals surface area contributed by atoms with Crippen LogP contribution in [0.4, 0.5) is 0 Å². The molecule has 4 aromatic rings. The van der Waals surface area contributed by atoms with Crippen LogP contribution >= 0.6 is 0 Å². The lowest BCUT2D eigenvalue weighted by atomic mass is 9.95. The van der Waals surface area contributed by atoms with E-state index < -0.39 is 0 Å². The van der Waals surface area contributed by atoms with Crippen LogP contribution in [0.3, 0.4) is 0 Å². The van der Waals surface area contributed by atoms with Crippen LogP contribution in [0.5, 0.6) is 23.0 Å². The highest BCUT2D eigenvalue weighted by Crippen LogP contribution is 2.28.